The zero-order valence-electron chi connectivity index (χ0n) is 12.2. The molecule has 1 heterocycles. The molecule has 0 unspecified atom stereocenters. The number of nitrogens with zero attached hydrogens (tertiary/aromatic N) is 3. The van der Waals surface area contributed by atoms with E-state index >= 15 is 0 Å². The zero-order valence-corrected chi connectivity index (χ0v) is 13.0. The third-order valence-electron chi connectivity index (χ3n) is 3.53. The van der Waals surface area contributed by atoms with Crippen LogP contribution in [-0.4, -0.2) is 32.1 Å². The Balaban J connectivity index is 2.06. The molecule has 0 atom stereocenters. The van der Waals surface area contributed by atoms with Crippen LogP contribution in [0.4, 0.5) is 11.4 Å². The van der Waals surface area contributed by atoms with E-state index in [9.17, 15) is 0 Å². The molecule has 3 nitrogen and oxygen atoms in total. The number of hydrogen-bond donors (Lipinski definition) is 0. The zero-order chi connectivity index (χ0) is 14.8. The maximum atomic E-state index is 9.16. The Morgan fingerprint density at radius 3 is 2.62 bits per heavy atom. The van der Waals surface area contributed by atoms with Gasteiger partial charge in [-0.05, 0) is 44.4 Å². The first-order valence-electron chi connectivity index (χ1n) is 6.92. The lowest BCUT2D eigenvalue weighted by Crippen LogP contribution is -2.29. The molecule has 0 fully saturated rings. The van der Waals surface area contributed by atoms with Crippen LogP contribution in [-0.2, 0) is 0 Å². The molecular weight excluding hydrogens is 278 g/mol. The number of para-hydroxylation sites is 1. The van der Waals surface area contributed by atoms with Crippen molar-refractivity contribution in [3.05, 3.63) is 48.0 Å². The van der Waals surface area contributed by atoms with Crippen molar-refractivity contribution in [1.29, 1.82) is 5.26 Å². The second kappa shape index (κ2) is 5.80. The minimum Gasteiger partial charge on any atom is -0.338 e. The van der Waals surface area contributed by atoms with Crippen LogP contribution in [0.2, 0.25) is 0 Å². The van der Waals surface area contributed by atoms with Gasteiger partial charge in [0.2, 0.25) is 0 Å². The average molecular weight is 295 g/mol. The summed E-state index contributed by atoms with van der Waals surface area (Å²) in [6, 6.07) is 16.6. The minimum atomic E-state index is 0.712. The lowest BCUT2D eigenvalue weighted by molar-refractivity contribution is 0.418. The number of hydrogen-bond acceptors (Lipinski definition) is 4. The van der Waals surface area contributed by atoms with Gasteiger partial charge in [-0.25, -0.2) is 0 Å². The predicted molar refractivity (Wildman–Crippen MR) is 87.3 cm³/mol. The van der Waals surface area contributed by atoms with Gasteiger partial charge in [-0.1, -0.05) is 23.9 Å². The highest BCUT2D eigenvalue weighted by atomic mass is 32.2. The topological polar surface area (TPSA) is 30.3 Å². The van der Waals surface area contributed by atoms with Crippen molar-refractivity contribution in [2.75, 3.05) is 32.1 Å². The number of benzene rings is 2. The third kappa shape index (κ3) is 2.76. The van der Waals surface area contributed by atoms with Gasteiger partial charge in [-0.2, -0.15) is 5.26 Å². The van der Waals surface area contributed by atoms with Gasteiger partial charge in [0.25, 0.3) is 0 Å². The van der Waals surface area contributed by atoms with Gasteiger partial charge in [-0.3, -0.25) is 0 Å². The predicted octanol–water partition coefficient (Wildman–Crippen LogP) is 3.72. The number of fused-ring (bicyclic) bond motifs is 2. The molecule has 0 aliphatic carbocycles. The smallest absolute Gasteiger partial charge is 0.0992 e. The van der Waals surface area contributed by atoms with E-state index in [0.717, 1.165) is 18.8 Å². The van der Waals surface area contributed by atoms with Crippen molar-refractivity contribution >= 4 is 23.1 Å². The number of rotatable bonds is 3. The van der Waals surface area contributed by atoms with E-state index in [0.29, 0.717) is 5.56 Å². The summed E-state index contributed by atoms with van der Waals surface area (Å²) in [6.07, 6.45) is 0. The highest BCUT2D eigenvalue weighted by Crippen LogP contribution is 2.48. The Morgan fingerprint density at radius 1 is 1.10 bits per heavy atom. The fourth-order valence-electron chi connectivity index (χ4n) is 2.44. The van der Waals surface area contributed by atoms with E-state index in [1.807, 2.05) is 12.1 Å². The lowest BCUT2D eigenvalue weighted by atomic mass is 10.1. The second-order valence-corrected chi connectivity index (χ2v) is 6.40. The molecule has 4 heteroatoms. The minimum absolute atomic E-state index is 0.712. The van der Waals surface area contributed by atoms with Crippen LogP contribution in [0.15, 0.2) is 52.3 Å². The average Bonchev–Trinajstić information content (AvgIpc) is 2.50. The van der Waals surface area contributed by atoms with Crippen LogP contribution < -0.4 is 4.90 Å². The van der Waals surface area contributed by atoms with Gasteiger partial charge in [-0.15, -0.1) is 0 Å². The number of nitriles is 1. The highest BCUT2D eigenvalue weighted by Gasteiger charge is 2.23. The van der Waals surface area contributed by atoms with Crippen LogP contribution >= 0.6 is 11.8 Å². The molecule has 1 aliphatic rings. The van der Waals surface area contributed by atoms with E-state index in [4.69, 9.17) is 5.26 Å². The molecular formula is C17H17N3S. The third-order valence-corrected chi connectivity index (χ3v) is 4.66. The standard InChI is InChI=1S/C17H17N3S/c1-19(2)9-10-20-14-5-3-4-6-16(14)21-17-8-7-13(12-18)11-15(17)20/h3-8,11H,9-10H2,1-2H3. The van der Waals surface area contributed by atoms with Gasteiger partial charge >= 0.3 is 0 Å². The second-order valence-electron chi connectivity index (χ2n) is 5.32. The molecule has 0 spiro atoms. The van der Waals surface area contributed by atoms with Crippen molar-refractivity contribution in [3.8, 4) is 6.07 Å². The number of likely N-dealkylation sites (N-methyl/N-ethyl adjacent to an activating group) is 1. The van der Waals surface area contributed by atoms with Crippen LogP contribution in [0.3, 0.4) is 0 Å². The molecule has 0 radical (unpaired) electrons. The molecule has 0 bridgehead atoms. The maximum Gasteiger partial charge on any atom is 0.0992 e. The fourth-order valence-corrected chi connectivity index (χ4v) is 3.52. The van der Waals surface area contributed by atoms with Crippen LogP contribution in [0, 0.1) is 11.3 Å². The summed E-state index contributed by atoms with van der Waals surface area (Å²) >= 11 is 1.78. The summed E-state index contributed by atoms with van der Waals surface area (Å²) in [5.41, 5.74) is 3.08. The van der Waals surface area contributed by atoms with E-state index in [1.165, 1.54) is 15.5 Å². The van der Waals surface area contributed by atoms with Crippen LogP contribution in [0.25, 0.3) is 0 Å². The van der Waals surface area contributed by atoms with Crippen LogP contribution in [0.1, 0.15) is 5.56 Å². The van der Waals surface area contributed by atoms with Gasteiger partial charge in [0.1, 0.15) is 0 Å². The first-order valence-corrected chi connectivity index (χ1v) is 7.74. The summed E-state index contributed by atoms with van der Waals surface area (Å²) in [5.74, 6) is 0. The van der Waals surface area contributed by atoms with Crippen molar-refractivity contribution in [2.45, 2.75) is 9.79 Å². The Bertz CT molecular complexity index is 703. The Morgan fingerprint density at radius 2 is 1.86 bits per heavy atom. The maximum absolute atomic E-state index is 9.16. The van der Waals surface area contributed by atoms with Crippen molar-refractivity contribution in [2.24, 2.45) is 0 Å². The first kappa shape index (κ1) is 14.0. The van der Waals surface area contributed by atoms with Gasteiger partial charge < -0.3 is 9.80 Å². The molecule has 0 saturated heterocycles. The van der Waals surface area contributed by atoms with Gasteiger partial charge in [0.05, 0.1) is 23.0 Å². The van der Waals surface area contributed by atoms with E-state index in [2.05, 4.69) is 60.3 Å². The molecule has 2 aromatic rings. The lowest BCUT2D eigenvalue weighted by Gasteiger charge is -2.33. The molecule has 0 saturated carbocycles. The fraction of sp³-hybridized carbons (Fsp3) is 0.235. The van der Waals surface area contributed by atoms with Gasteiger partial charge in [0, 0.05) is 22.9 Å². The van der Waals surface area contributed by atoms with E-state index < -0.39 is 0 Å². The van der Waals surface area contributed by atoms with Crippen molar-refractivity contribution < 1.29 is 0 Å². The Kier molecular flexibility index (Phi) is 3.87. The summed E-state index contributed by atoms with van der Waals surface area (Å²) < 4.78 is 0. The van der Waals surface area contributed by atoms with Crippen molar-refractivity contribution in [3.63, 3.8) is 0 Å². The monoisotopic (exact) mass is 295 g/mol. The molecule has 2 aromatic carbocycles. The molecule has 0 aromatic heterocycles. The molecule has 0 amide bonds. The Hall–Kier alpha value is -1.96. The van der Waals surface area contributed by atoms with E-state index in [-0.39, 0.29) is 0 Å². The summed E-state index contributed by atoms with van der Waals surface area (Å²) in [5, 5.41) is 9.16. The summed E-state index contributed by atoms with van der Waals surface area (Å²) in [4.78, 5) is 6.99. The summed E-state index contributed by atoms with van der Waals surface area (Å²) in [6.45, 7) is 1.88. The molecule has 21 heavy (non-hydrogen) atoms. The number of anilines is 2. The SMILES string of the molecule is CN(C)CCN1c2ccccc2Sc2ccc(C#N)cc21. The quantitative estimate of drug-likeness (QED) is 0.863. The van der Waals surface area contributed by atoms with Gasteiger partial charge in [0.15, 0.2) is 0 Å². The Labute approximate surface area is 129 Å². The summed E-state index contributed by atoms with van der Waals surface area (Å²) in [7, 11) is 4.16. The molecule has 106 valence electrons. The highest BCUT2D eigenvalue weighted by molar-refractivity contribution is 7.99. The molecule has 3 rings (SSSR count). The first-order chi connectivity index (χ1) is 10.2. The molecule has 1 aliphatic heterocycles. The molecule has 0 N–H and O–H groups in total. The largest absolute Gasteiger partial charge is 0.338 e. The van der Waals surface area contributed by atoms with E-state index in [1.54, 1.807) is 11.8 Å². The van der Waals surface area contributed by atoms with Crippen molar-refractivity contribution in [1.82, 2.24) is 4.90 Å². The normalized spacial score (nSPS) is 12.8. The van der Waals surface area contributed by atoms with Crippen LogP contribution in [0.5, 0.6) is 0 Å².